The van der Waals surface area contributed by atoms with E-state index in [0.29, 0.717) is 19.0 Å². The van der Waals surface area contributed by atoms with Crippen molar-refractivity contribution in [3.05, 3.63) is 30.1 Å². The Morgan fingerprint density at radius 3 is 2.56 bits per heavy atom. The first-order valence-corrected chi connectivity index (χ1v) is 8.78. The van der Waals surface area contributed by atoms with Crippen LogP contribution in [0.15, 0.2) is 24.3 Å². The molecule has 25 heavy (non-hydrogen) atoms. The average Bonchev–Trinajstić information content (AvgIpc) is 2.82. The molecular formula is C19H30N4O2. The van der Waals surface area contributed by atoms with Crippen molar-refractivity contribution in [3.8, 4) is 0 Å². The molecule has 1 unspecified atom stereocenters. The van der Waals surface area contributed by atoms with Crippen LogP contribution in [0.4, 0.5) is 4.79 Å². The smallest absolute Gasteiger partial charge is 0.407 e. The molecule has 0 saturated carbocycles. The van der Waals surface area contributed by atoms with E-state index in [4.69, 9.17) is 4.74 Å². The third-order valence-electron chi connectivity index (χ3n) is 4.07. The molecule has 0 bridgehead atoms. The number of nitrogens with one attached hydrogen (secondary N) is 2. The lowest BCUT2D eigenvalue weighted by atomic mass is 10.0. The maximum Gasteiger partial charge on any atom is 0.407 e. The van der Waals surface area contributed by atoms with Crippen molar-refractivity contribution in [2.24, 2.45) is 13.0 Å². The lowest BCUT2D eigenvalue weighted by molar-refractivity contribution is 0.0519. The second-order valence-corrected chi connectivity index (χ2v) is 7.69. The van der Waals surface area contributed by atoms with Gasteiger partial charge in [-0.1, -0.05) is 26.0 Å². The fourth-order valence-electron chi connectivity index (χ4n) is 2.63. The molecule has 1 amide bonds. The lowest BCUT2D eigenvalue weighted by Gasteiger charge is -2.24. The highest BCUT2D eigenvalue weighted by molar-refractivity contribution is 5.75. The highest BCUT2D eigenvalue weighted by Crippen LogP contribution is 2.14. The van der Waals surface area contributed by atoms with Gasteiger partial charge in [0.1, 0.15) is 11.4 Å². The number of hydrogen-bond donors (Lipinski definition) is 2. The molecular weight excluding hydrogens is 316 g/mol. The SMILES string of the molecule is CC(C)C(CNC(=O)OC(C)(C)C)NCc1nc2ccccc2n1C. The first kappa shape index (κ1) is 19.2. The zero-order valence-electron chi connectivity index (χ0n) is 16.1. The van der Waals surface area contributed by atoms with Gasteiger partial charge in [-0.2, -0.15) is 0 Å². The minimum Gasteiger partial charge on any atom is -0.444 e. The number of hydrogen-bond acceptors (Lipinski definition) is 4. The third-order valence-corrected chi connectivity index (χ3v) is 4.07. The largest absolute Gasteiger partial charge is 0.444 e. The van der Waals surface area contributed by atoms with Crippen LogP contribution in [0.5, 0.6) is 0 Å². The van der Waals surface area contributed by atoms with E-state index in [9.17, 15) is 4.79 Å². The van der Waals surface area contributed by atoms with E-state index in [-0.39, 0.29) is 12.1 Å². The highest BCUT2D eigenvalue weighted by Gasteiger charge is 2.19. The molecule has 6 nitrogen and oxygen atoms in total. The maximum absolute atomic E-state index is 11.9. The molecule has 6 heteroatoms. The molecule has 1 aromatic heterocycles. The van der Waals surface area contributed by atoms with Gasteiger partial charge in [0.15, 0.2) is 0 Å². The summed E-state index contributed by atoms with van der Waals surface area (Å²) in [5, 5.41) is 6.35. The molecule has 2 N–H and O–H groups in total. The quantitative estimate of drug-likeness (QED) is 0.843. The number of imidazole rings is 1. The van der Waals surface area contributed by atoms with E-state index in [1.807, 2.05) is 46.0 Å². The first-order chi connectivity index (χ1) is 11.7. The Hall–Kier alpha value is -2.08. The van der Waals surface area contributed by atoms with Crippen LogP contribution in [0.2, 0.25) is 0 Å². The van der Waals surface area contributed by atoms with Gasteiger partial charge in [-0.3, -0.25) is 0 Å². The standard InChI is InChI=1S/C19H30N4O2/c1-13(2)15(11-21-18(24)25-19(3,4)5)20-12-17-22-14-9-7-8-10-16(14)23(17)6/h7-10,13,15,20H,11-12H2,1-6H3,(H,21,24). The van der Waals surface area contributed by atoms with Crippen LogP contribution < -0.4 is 10.6 Å². The molecule has 2 aromatic rings. The van der Waals surface area contributed by atoms with Crippen molar-refractivity contribution < 1.29 is 9.53 Å². The van der Waals surface area contributed by atoms with Gasteiger partial charge in [-0.25, -0.2) is 9.78 Å². The monoisotopic (exact) mass is 346 g/mol. The number of carbonyl (C=O) groups excluding carboxylic acids is 1. The first-order valence-electron chi connectivity index (χ1n) is 8.78. The fraction of sp³-hybridized carbons (Fsp3) is 0.579. The van der Waals surface area contributed by atoms with Crippen LogP contribution >= 0.6 is 0 Å². The van der Waals surface area contributed by atoms with Gasteiger partial charge in [0.25, 0.3) is 0 Å². The van der Waals surface area contributed by atoms with Crippen LogP contribution in [-0.2, 0) is 18.3 Å². The topological polar surface area (TPSA) is 68.2 Å². The number of amides is 1. The molecule has 0 saturated heterocycles. The minimum atomic E-state index is -0.488. The summed E-state index contributed by atoms with van der Waals surface area (Å²) in [6.07, 6.45) is -0.386. The van der Waals surface area contributed by atoms with Crippen molar-refractivity contribution >= 4 is 17.1 Å². The van der Waals surface area contributed by atoms with Gasteiger partial charge < -0.3 is 19.9 Å². The molecule has 0 aliphatic heterocycles. The van der Waals surface area contributed by atoms with Crippen LogP contribution in [0.1, 0.15) is 40.4 Å². The number of para-hydroxylation sites is 2. The fourth-order valence-corrected chi connectivity index (χ4v) is 2.63. The highest BCUT2D eigenvalue weighted by atomic mass is 16.6. The molecule has 1 heterocycles. The van der Waals surface area contributed by atoms with Crippen molar-refractivity contribution in [2.45, 2.75) is 52.8 Å². The van der Waals surface area contributed by atoms with Crippen LogP contribution in [0, 0.1) is 5.92 Å². The predicted octanol–water partition coefficient (Wildman–Crippen LogP) is 3.21. The number of ether oxygens (including phenoxy) is 1. The van der Waals surface area contributed by atoms with Crippen molar-refractivity contribution in [3.63, 3.8) is 0 Å². The Kier molecular flexibility index (Phi) is 6.06. The number of aromatic nitrogens is 2. The molecule has 0 aliphatic rings. The number of carbonyl (C=O) groups is 1. The van der Waals surface area contributed by atoms with Crippen LogP contribution in [-0.4, -0.2) is 33.8 Å². The summed E-state index contributed by atoms with van der Waals surface area (Å²) >= 11 is 0. The summed E-state index contributed by atoms with van der Waals surface area (Å²) in [5.41, 5.74) is 1.62. The number of alkyl carbamates (subject to hydrolysis) is 1. The predicted molar refractivity (Wildman–Crippen MR) is 100 cm³/mol. The molecule has 1 aromatic carbocycles. The van der Waals surface area contributed by atoms with E-state index >= 15 is 0 Å². The Labute approximate surface area is 150 Å². The second-order valence-electron chi connectivity index (χ2n) is 7.69. The van der Waals surface area contributed by atoms with Gasteiger partial charge in [-0.15, -0.1) is 0 Å². The lowest BCUT2D eigenvalue weighted by Crippen LogP contribution is -2.45. The van der Waals surface area contributed by atoms with E-state index in [1.165, 1.54) is 0 Å². The summed E-state index contributed by atoms with van der Waals surface area (Å²) in [6.45, 7) is 11.0. The van der Waals surface area contributed by atoms with Gasteiger partial charge in [0, 0.05) is 19.6 Å². The van der Waals surface area contributed by atoms with E-state index in [1.54, 1.807) is 0 Å². The van der Waals surface area contributed by atoms with E-state index in [2.05, 4.69) is 40.1 Å². The normalized spacial score (nSPS) is 13.2. The summed E-state index contributed by atoms with van der Waals surface area (Å²) in [7, 11) is 2.02. The Bertz CT molecular complexity index is 716. The maximum atomic E-state index is 11.9. The van der Waals surface area contributed by atoms with Gasteiger partial charge >= 0.3 is 6.09 Å². The van der Waals surface area contributed by atoms with E-state index < -0.39 is 5.60 Å². The molecule has 138 valence electrons. The molecule has 0 radical (unpaired) electrons. The number of fused-ring (bicyclic) bond motifs is 1. The molecule has 2 rings (SSSR count). The summed E-state index contributed by atoms with van der Waals surface area (Å²) in [4.78, 5) is 16.5. The molecule has 0 fully saturated rings. The third kappa shape index (κ3) is 5.46. The summed E-state index contributed by atoms with van der Waals surface area (Å²) in [5.74, 6) is 1.34. The van der Waals surface area contributed by atoms with Gasteiger partial charge in [0.05, 0.1) is 17.6 Å². The Morgan fingerprint density at radius 2 is 1.96 bits per heavy atom. The number of nitrogens with zero attached hydrogens (tertiary/aromatic N) is 2. The van der Waals surface area contributed by atoms with E-state index in [0.717, 1.165) is 16.9 Å². The number of benzene rings is 1. The Morgan fingerprint density at radius 1 is 1.28 bits per heavy atom. The van der Waals surface area contributed by atoms with Crippen molar-refractivity contribution in [1.29, 1.82) is 0 Å². The second kappa shape index (κ2) is 7.87. The van der Waals surface area contributed by atoms with Crippen molar-refractivity contribution in [2.75, 3.05) is 6.54 Å². The minimum absolute atomic E-state index is 0.132. The van der Waals surface area contributed by atoms with Gasteiger partial charge in [-0.05, 0) is 38.8 Å². The molecule has 0 spiro atoms. The van der Waals surface area contributed by atoms with Crippen molar-refractivity contribution in [1.82, 2.24) is 20.2 Å². The van der Waals surface area contributed by atoms with Crippen LogP contribution in [0.25, 0.3) is 11.0 Å². The molecule has 1 atom stereocenters. The summed E-state index contributed by atoms with van der Waals surface area (Å²) < 4.78 is 7.39. The zero-order chi connectivity index (χ0) is 18.6. The average molecular weight is 346 g/mol. The Balaban J connectivity index is 1.95. The van der Waals surface area contributed by atoms with Gasteiger partial charge in [0.2, 0.25) is 0 Å². The van der Waals surface area contributed by atoms with Crippen LogP contribution in [0.3, 0.4) is 0 Å². The number of rotatable bonds is 6. The summed E-state index contributed by atoms with van der Waals surface area (Å²) in [6, 6.07) is 8.22. The number of aryl methyl sites for hydroxylation is 1. The molecule has 0 aliphatic carbocycles. The zero-order valence-corrected chi connectivity index (χ0v) is 16.1.